The number of aromatic nitrogens is 4. The second-order valence-corrected chi connectivity index (χ2v) is 6.51. The number of halogens is 1. The first-order valence-corrected chi connectivity index (χ1v) is 9.44. The van der Waals surface area contributed by atoms with Crippen LogP contribution in [-0.4, -0.2) is 32.3 Å². The predicted molar refractivity (Wildman–Crippen MR) is 110 cm³/mol. The van der Waals surface area contributed by atoms with Gasteiger partial charge in [0.05, 0.1) is 6.26 Å². The largest absolute Gasteiger partial charge is 0.484 e. The highest BCUT2D eigenvalue weighted by molar-refractivity contribution is 5.91. The Balaban J connectivity index is 1.61. The Morgan fingerprint density at radius 1 is 1.26 bits per heavy atom. The van der Waals surface area contributed by atoms with Crippen LogP contribution in [0.4, 0.5) is 10.2 Å². The molecule has 4 rings (SSSR count). The van der Waals surface area contributed by atoms with Crippen molar-refractivity contribution in [2.24, 2.45) is 0 Å². The summed E-state index contributed by atoms with van der Waals surface area (Å²) in [6.07, 6.45) is 2.05. The van der Waals surface area contributed by atoms with Crippen LogP contribution in [0.3, 0.4) is 0 Å². The molecule has 0 bridgehead atoms. The number of aromatic amines is 1. The monoisotopic (exact) mass is 423 g/mol. The van der Waals surface area contributed by atoms with Gasteiger partial charge in [-0.1, -0.05) is 6.92 Å². The third-order valence-corrected chi connectivity index (χ3v) is 4.28. The number of anilines is 1. The highest BCUT2D eigenvalue weighted by Crippen LogP contribution is 2.24. The first-order valence-electron chi connectivity index (χ1n) is 9.44. The minimum atomic E-state index is -0.481. The van der Waals surface area contributed by atoms with Crippen molar-refractivity contribution in [2.75, 3.05) is 11.9 Å². The fraction of sp³-hybridized carbons (Fsp3) is 0.143. The average Bonchev–Trinajstić information content (AvgIpc) is 3.43. The van der Waals surface area contributed by atoms with Crippen molar-refractivity contribution >= 4 is 11.7 Å². The van der Waals surface area contributed by atoms with E-state index in [4.69, 9.17) is 9.15 Å². The predicted octanol–water partition coefficient (Wildman–Crippen LogP) is 2.93. The third-order valence-electron chi connectivity index (χ3n) is 4.28. The molecule has 2 N–H and O–H groups in total. The molecular weight excluding hydrogens is 405 g/mol. The summed E-state index contributed by atoms with van der Waals surface area (Å²) in [6.45, 7) is 1.56. The molecule has 0 atom stereocenters. The number of nitrogens with one attached hydrogen (secondary N) is 2. The average molecular weight is 423 g/mol. The number of H-pyrrole nitrogens is 1. The van der Waals surface area contributed by atoms with Crippen molar-refractivity contribution in [3.05, 3.63) is 76.7 Å². The summed E-state index contributed by atoms with van der Waals surface area (Å²) >= 11 is 0. The molecule has 0 aliphatic rings. The van der Waals surface area contributed by atoms with E-state index in [1.165, 1.54) is 41.3 Å². The lowest BCUT2D eigenvalue weighted by Crippen LogP contribution is -2.23. The van der Waals surface area contributed by atoms with E-state index in [0.717, 1.165) is 0 Å². The van der Waals surface area contributed by atoms with Gasteiger partial charge >= 0.3 is 0 Å². The SMILES string of the molecule is CCc1cc(=O)[nH]c(-n2nc(-c3ccco3)cc2NC(=O)COc2ccc(F)cc2)n1. The van der Waals surface area contributed by atoms with Crippen LogP contribution in [0.15, 0.2) is 64.0 Å². The van der Waals surface area contributed by atoms with Crippen LogP contribution in [-0.2, 0) is 11.2 Å². The van der Waals surface area contributed by atoms with Crippen molar-refractivity contribution in [3.8, 4) is 23.2 Å². The quantitative estimate of drug-likeness (QED) is 0.472. The maximum atomic E-state index is 13.0. The topological polar surface area (TPSA) is 115 Å². The second kappa shape index (κ2) is 8.66. The third kappa shape index (κ3) is 4.69. The van der Waals surface area contributed by atoms with Gasteiger partial charge in [-0.25, -0.2) is 9.37 Å². The number of aryl methyl sites for hydroxylation is 1. The molecule has 158 valence electrons. The molecule has 3 aromatic heterocycles. The summed E-state index contributed by atoms with van der Waals surface area (Å²) in [4.78, 5) is 31.5. The lowest BCUT2D eigenvalue weighted by molar-refractivity contribution is -0.118. The summed E-state index contributed by atoms with van der Waals surface area (Å²) in [6, 6.07) is 11.7. The van der Waals surface area contributed by atoms with E-state index in [0.29, 0.717) is 29.3 Å². The van der Waals surface area contributed by atoms with Crippen LogP contribution in [0.5, 0.6) is 5.75 Å². The van der Waals surface area contributed by atoms with E-state index in [-0.39, 0.29) is 23.9 Å². The van der Waals surface area contributed by atoms with Gasteiger partial charge < -0.3 is 14.5 Å². The fourth-order valence-corrected chi connectivity index (χ4v) is 2.81. The first kappa shape index (κ1) is 20.1. The van der Waals surface area contributed by atoms with Crippen LogP contribution in [0, 0.1) is 5.82 Å². The van der Waals surface area contributed by atoms with Crippen LogP contribution in [0.25, 0.3) is 17.4 Å². The zero-order valence-electron chi connectivity index (χ0n) is 16.5. The maximum absolute atomic E-state index is 13.0. The number of hydrogen-bond donors (Lipinski definition) is 2. The Morgan fingerprint density at radius 2 is 2.06 bits per heavy atom. The molecule has 0 fully saturated rings. The van der Waals surface area contributed by atoms with Crippen molar-refractivity contribution in [1.29, 1.82) is 0 Å². The number of ether oxygens (including phenoxy) is 1. The standard InChI is InChI=1S/C21H18FN5O4/c1-2-14-10-19(28)25-21(23-14)27-18(11-16(26-27)17-4-3-9-30-17)24-20(29)12-31-15-7-5-13(22)6-8-15/h3-11H,2,12H2,1H3,(H,24,29)(H,23,25,28). The van der Waals surface area contributed by atoms with Crippen molar-refractivity contribution in [3.63, 3.8) is 0 Å². The van der Waals surface area contributed by atoms with Gasteiger partial charge in [-0.05, 0) is 42.8 Å². The molecule has 0 radical (unpaired) electrons. The molecular formula is C21H18FN5O4. The molecule has 3 heterocycles. The highest BCUT2D eigenvalue weighted by atomic mass is 19.1. The van der Waals surface area contributed by atoms with Gasteiger partial charge in [0.15, 0.2) is 12.4 Å². The first-order chi connectivity index (χ1) is 15.0. The van der Waals surface area contributed by atoms with Crippen LogP contribution in [0.2, 0.25) is 0 Å². The van der Waals surface area contributed by atoms with Gasteiger partial charge in [0, 0.05) is 17.8 Å². The molecule has 9 nitrogen and oxygen atoms in total. The van der Waals surface area contributed by atoms with E-state index in [2.05, 4.69) is 20.4 Å². The maximum Gasteiger partial charge on any atom is 0.263 e. The molecule has 31 heavy (non-hydrogen) atoms. The fourth-order valence-electron chi connectivity index (χ4n) is 2.81. The van der Waals surface area contributed by atoms with E-state index in [1.807, 2.05) is 6.92 Å². The van der Waals surface area contributed by atoms with E-state index in [9.17, 15) is 14.0 Å². The Morgan fingerprint density at radius 3 is 2.77 bits per heavy atom. The lowest BCUT2D eigenvalue weighted by atomic mass is 10.3. The van der Waals surface area contributed by atoms with Crippen LogP contribution in [0.1, 0.15) is 12.6 Å². The van der Waals surface area contributed by atoms with E-state index in [1.54, 1.807) is 18.2 Å². The Kier molecular flexibility index (Phi) is 5.61. The molecule has 0 aliphatic heterocycles. The minimum Gasteiger partial charge on any atom is -0.484 e. The number of amides is 1. The molecule has 1 aromatic carbocycles. The van der Waals surface area contributed by atoms with Gasteiger partial charge in [-0.3, -0.25) is 14.6 Å². The molecule has 4 aromatic rings. The molecule has 0 unspecified atom stereocenters. The second-order valence-electron chi connectivity index (χ2n) is 6.51. The van der Waals surface area contributed by atoms with Crippen molar-refractivity contribution in [2.45, 2.75) is 13.3 Å². The minimum absolute atomic E-state index is 0.150. The Labute approximate surface area is 175 Å². The number of rotatable bonds is 7. The van der Waals surface area contributed by atoms with Gasteiger partial charge in [-0.2, -0.15) is 9.78 Å². The van der Waals surface area contributed by atoms with Gasteiger partial charge in [0.25, 0.3) is 11.5 Å². The zero-order valence-corrected chi connectivity index (χ0v) is 16.5. The van der Waals surface area contributed by atoms with Gasteiger partial charge in [0.1, 0.15) is 23.1 Å². The lowest BCUT2D eigenvalue weighted by Gasteiger charge is -2.09. The molecule has 10 heteroatoms. The van der Waals surface area contributed by atoms with Gasteiger partial charge in [-0.15, -0.1) is 0 Å². The summed E-state index contributed by atoms with van der Waals surface area (Å²) in [7, 11) is 0. The Bertz CT molecular complexity index is 1250. The zero-order chi connectivity index (χ0) is 21.8. The summed E-state index contributed by atoms with van der Waals surface area (Å²) in [5.74, 6) is 0.355. The number of furan rings is 1. The van der Waals surface area contributed by atoms with Gasteiger partial charge in [0.2, 0.25) is 5.95 Å². The molecule has 0 spiro atoms. The highest BCUT2D eigenvalue weighted by Gasteiger charge is 2.17. The summed E-state index contributed by atoms with van der Waals surface area (Å²) in [5.41, 5.74) is 0.670. The van der Waals surface area contributed by atoms with E-state index >= 15 is 0 Å². The van der Waals surface area contributed by atoms with Crippen LogP contribution < -0.4 is 15.6 Å². The number of hydrogen-bond acceptors (Lipinski definition) is 6. The number of carbonyl (C=O) groups excluding carboxylic acids is 1. The molecule has 1 amide bonds. The van der Waals surface area contributed by atoms with Crippen molar-refractivity contribution < 1.29 is 18.3 Å². The number of benzene rings is 1. The number of nitrogens with zero attached hydrogens (tertiary/aromatic N) is 3. The smallest absolute Gasteiger partial charge is 0.263 e. The number of carbonyl (C=O) groups is 1. The van der Waals surface area contributed by atoms with Crippen LogP contribution >= 0.6 is 0 Å². The summed E-state index contributed by atoms with van der Waals surface area (Å²) in [5, 5.41) is 7.10. The molecule has 0 aliphatic carbocycles. The molecule has 0 saturated carbocycles. The normalized spacial score (nSPS) is 10.8. The molecule has 0 saturated heterocycles. The van der Waals surface area contributed by atoms with Crippen molar-refractivity contribution in [1.82, 2.24) is 19.7 Å². The Hall–Kier alpha value is -4.21. The van der Waals surface area contributed by atoms with E-state index < -0.39 is 11.7 Å². The summed E-state index contributed by atoms with van der Waals surface area (Å²) < 4.78 is 25.1.